The lowest BCUT2D eigenvalue weighted by molar-refractivity contribution is 0.0869. The van der Waals surface area contributed by atoms with Crippen LogP contribution in [-0.2, 0) is 0 Å². The number of thiazole rings is 1. The number of nitrogens with zero attached hydrogens (tertiary/aromatic N) is 2. The molecule has 1 aromatic rings. The molecule has 3 nitrogen and oxygen atoms in total. The largest absolute Gasteiger partial charge is 0.328 e. The van der Waals surface area contributed by atoms with Crippen LogP contribution in [-0.4, -0.2) is 28.0 Å². The summed E-state index contributed by atoms with van der Waals surface area (Å²) in [6.45, 7) is 2.32. The van der Waals surface area contributed by atoms with Crippen LogP contribution in [0.15, 0.2) is 11.7 Å². The van der Waals surface area contributed by atoms with Crippen molar-refractivity contribution in [2.24, 2.45) is 5.73 Å². The average molecular weight is 237 g/mol. The first-order valence-electron chi connectivity index (χ1n) is 6.17. The van der Waals surface area contributed by atoms with Crippen molar-refractivity contribution >= 4 is 11.3 Å². The van der Waals surface area contributed by atoms with E-state index in [2.05, 4.69) is 16.8 Å². The molecule has 2 aliphatic heterocycles. The number of aromatic nitrogens is 1. The molecule has 0 aromatic carbocycles. The lowest BCUT2D eigenvalue weighted by atomic mass is 9.96. The third-order valence-corrected chi connectivity index (χ3v) is 5.08. The quantitative estimate of drug-likeness (QED) is 0.857. The summed E-state index contributed by atoms with van der Waals surface area (Å²) in [5.74, 6) is 0. The molecular formula is C12H19N3S. The molecule has 88 valence electrons. The molecule has 2 aliphatic rings. The van der Waals surface area contributed by atoms with Crippen LogP contribution in [0.25, 0.3) is 0 Å². The minimum absolute atomic E-state index is 0.433. The summed E-state index contributed by atoms with van der Waals surface area (Å²) in [7, 11) is 0. The SMILES string of the molecule is CC(c1cncs1)N1C2CCC1CC(N)C2. The second kappa shape index (κ2) is 4.09. The van der Waals surface area contributed by atoms with E-state index in [1.54, 1.807) is 11.3 Å². The molecule has 0 spiro atoms. The number of piperidine rings is 1. The number of fused-ring (bicyclic) bond motifs is 2. The summed E-state index contributed by atoms with van der Waals surface area (Å²) in [6.07, 6.45) is 7.05. The van der Waals surface area contributed by atoms with Crippen LogP contribution >= 0.6 is 11.3 Å². The van der Waals surface area contributed by atoms with Gasteiger partial charge in [-0.05, 0) is 32.6 Å². The van der Waals surface area contributed by atoms with Gasteiger partial charge in [0.1, 0.15) is 0 Å². The maximum atomic E-state index is 6.10. The Labute approximate surface area is 101 Å². The van der Waals surface area contributed by atoms with Crippen LogP contribution in [0.2, 0.25) is 0 Å². The molecular weight excluding hydrogens is 218 g/mol. The molecule has 3 rings (SSSR count). The topological polar surface area (TPSA) is 42.2 Å². The van der Waals surface area contributed by atoms with Crippen LogP contribution in [0.1, 0.15) is 43.5 Å². The maximum absolute atomic E-state index is 6.10. The van der Waals surface area contributed by atoms with Crippen molar-refractivity contribution in [3.63, 3.8) is 0 Å². The van der Waals surface area contributed by atoms with E-state index in [1.165, 1.54) is 30.6 Å². The summed E-state index contributed by atoms with van der Waals surface area (Å²) < 4.78 is 0. The van der Waals surface area contributed by atoms with E-state index >= 15 is 0 Å². The minimum Gasteiger partial charge on any atom is -0.328 e. The molecule has 0 saturated carbocycles. The Morgan fingerprint density at radius 1 is 1.44 bits per heavy atom. The highest BCUT2D eigenvalue weighted by atomic mass is 32.1. The van der Waals surface area contributed by atoms with E-state index in [1.807, 2.05) is 11.7 Å². The molecule has 2 fully saturated rings. The standard InChI is InChI=1S/C12H19N3S/c1-8(12-6-14-7-16-12)15-10-2-3-11(15)5-9(13)4-10/h6-11H,2-5,13H2,1H3. The second-order valence-corrected chi connectivity index (χ2v) is 6.06. The van der Waals surface area contributed by atoms with Gasteiger partial charge in [-0.25, -0.2) is 0 Å². The van der Waals surface area contributed by atoms with Crippen LogP contribution in [0.3, 0.4) is 0 Å². The van der Waals surface area contributed by atoms with Crippen LogP contribution in [0.4, 0.5) is 0 Å². The fourth-order valence-corrected chi connectivity index (χ4v) is 4.15. The molecule has 0 aliphatic carbocycles. The van der Waals surface area contributed by atoms with Gasteiger partial charge in [0.15, 0.2) is 0 Å². The predicted octanol–water partition coefficient (Wildman–Crippen LogP) is 2.16. The van der Waals surface area contributed by atoms with Gasteiger partial charge in [0.25, 0.3) is 0 Å². The van der Waals surface area contributed by atoms with E-state index in [0.717, 1.165) is 0 Å². The molecule has 3 unspecified atom stereocenters. The van der Waals surface area contributed by atoms with Gasteiger partial charge in [0.05, 0.1) is 5.51 Å². The Balaban J connectivity index is 1.81. The van der Waals surface area contributed by atoms with Crippen molar-refractivity contribution in [3.05, 3.63) is 16.6 Å². The molecule has 16 heavy (non-hydrogen) atoms. The van der Waals surface area contributed by atoms with Crippen molar-refractivity contribution < 1.29 is 0 Å². The molecule has 0 amide bonds. The van der Waals surface area contributed by atoms with E-state index < -0.39 is 0 Å². The van der Waals surface area contributed by atoms with Crippen LogP contribution in [0.5, 0.6) is 0 Å². The van der Waals surface area contributed by atoms with Crippen LogP contribution in [0, 0.1) is 0 Å². The van der Waals surface area contributed by atoms with Crippen molar-refractivity contribution in [1.82, 2.24) is 9.88 Å². The zero-order chi connectivity index (χ0) is 11.1. The summed E-state index contributed by atoms with van der Waals surface area (Å²) in [5.41, 5.74) is 8.03. The van der Waals surface area contributed by atoms with Gasteiger partial charge >= 0.3 is 0 Å². The highest BCUT2D eigenvalue weighted by Gasteiger charge is 2.42. The van der Waals surface area contributed by atoms with Gasteiger partial charge < -0.3 is 5.73 Å². The molecule has 2 saturated heterocycles. The van der Waals surface area contributed by atoms with E-state index in [4.69, 9.17) is 5.73 Å². The molecule has 3 heterocycles. The summed E-state index contributed by atoms with van der Waals surface area (Å²) in [6, 6.07) is 2.39. The molecule has 2 bridgehead atoms. The first-order valence-corrected chi connectivity index (χ1v) is 7.05. The predicted molar refractivity (Wildman–Crippen MR) is 66.4 cm³/mol. The monoisotopic (exact) mass is 237 g/mol. The highest BCUT2D eigenvalue weighted by molar-refractivity contribution is 7.09. The molecule has 3 atom stereocenters. The Hall–Kier alpha value is -0.450. The molecule has 4 heteroatoms. The second-order valence-electron chi connectivity index (χ2n) is 5.14. The third-order valence-electron chi connectivity index (χ3n) is 4.14. The lowest BCUT2D eigenvalue weighted by Crippen LogP contribution is -2.48. The molecule has 1 aromatic heterocycles. The van der Waals surface area contributed by atoms with Crippen molar-refractivity contribution in [2.75, 3.05) is 0 Å². The Bertz CT molecular complexity index is 337. The van der Waals surface area contributed by atoms with E-state index in [0.29, 0.717) is 24.2 Å². The van der Waals surface area contributed by atoms with Gasteiger partial charge in [0, 0.05) is 35.2 Å². The van der Waals surface area contributed by atoms with Gasteiger partial charge in [-0.1, -0.05) is 0 Å². The van der Waals surface area contributed by atoms with Crippen molar-refractivity contribution in [3.8, 4) is 0 Å². The summed E-state index contributed by atoms with van der Waals surface area (Å²) >= 11 is 1.77. The molecule has 0 radical (unpaired) electrons. The summed E-state index contributed by atoms with van der Waals surface area (Å²) in [4.78, 5) is 8.28. The zero-order valence-electron chi connectivity index (χ0n) is 9.67. The minimum atomic E-state index is 0.433. The van der Waals surface area contributed by atoms with Gasteiger partial charge in [-0.15, -0.1) is 11.3 Å². The third kappa shape index (κ3) is 1.69. The Morgan fingerprint density at radius 3 is 2.69 bits per heavy atom. The van der Waals surface area contributed by atoms with Crippen LogP contribution < -0.4 is 5.73 Å². The lowest BCUT2D eigenvalue weighted by Gasteiger charge is -2.41. The summed E-state index contributed by atoms with van der Waals surface area (Å²) in [5, 5.41) is 0. The zero-order valence-corrected chi connectivity index (χ0v) is 10.5. The fourth-order valence-electron chi connectivity index (χ4n) is 3.47. The highest BCUT2D eigenvalue weighted by Crippen LogP contribution is 2.41. The maximum Gasteiger partial charge on any atom is 0.0794 e. The number of rotatable bonds is 2. The normalized spacial score (nSPS) is 36.5. The molecule has 2 N–H and O–H groups in total. The average Bonchev–Trinajstić information content (AvgIpc) is 2.85. The Morgan fingerprint density at radius 2 is 2.12 bits per heavy atom. The van der Waals surface area contributed by atoms with Gasteiger partial charge in [-0.2, -0.15) is 0 Å². The van der Waals surface area contributed by atoms with E-state index in [9.17, 15) is 0 Å². The first kappa shape index (κ1) is 10.7. The number of nitrogens with two attached hydrogens (primary N) is 1. The first-order chi connectivity index (χ1) is 7.75. The number of hydrogen-bond acceptors (Lipinski definition) is 4. The number of hydrogen-bond donors (Lipinski definition) is 1. The van der Waals surface area contributed by atoms with Crippen molar-refractivity contribution in [2.45, 2.75) is 56.8 Å². The smallest absolute Gasteiger partial charge is 0.0794 e. The van der Waals surface area contributed by atoms with Gasteiger partial charge in [0.2, 0.25) is 0 Å². The van der Waals surface area contributed by atoms with Crippen molar-refractivity contribution in [1.29, 1.82) is 0 Å². The fraction of sp³-hybridized carbons (Fsp3) is 0.750. The van der Waals surface area contributed by atoms with Gasteiger partial charge in [-0.3, -0.25) is 9.88 Å². The Kier molecular flexibility index (Phi) is 2.73. The van der Waals surface area contributed by atoms with E-state index in [-0.39, 0.29) is 0 Å².